The number of ether oxygens (including phenoxy) is 2. The highest BCUT2D eigenvalue weighted by molar-refractivity contribution is 6.05. The number of nitrogens with zero attached hydrogens (tertiary/aromatic N) is 1. The highest BCUT2D eigenvalue weighted by Crippen LogP contribution is 2.43. The van der Waals surface area contributed by atoms with Crippen LogP contribution in [0.5, 0.6) is 11.5 Å². The molecule has 3 rings (SSSR count). The summed E-state index contributed by atoms with van der Waals surface area (Å²) in [5.74, 6) is 1.56. The number of carbonyl (C=O) groups is 1. The number of benzene rings is 1. The summed E-state index contributed by atoms with van der Waals surface area (Å²) in [6, 6.07) is 3.61. The summed E-state index contributed by atoms with van der Waals surface area (Å²) in [5.41, 5.74) is 1.83. The van der Waals surface area contributed by atoms with E-state index in [9.17, 15) is 4.79 Å². The van der Waals surface area contributed by atoms with Crippen LogP contribution in [0.3, 0.4) is 0 Å². The summed E-state index contributed by atoms with van der Waals surface area (Å²) in [4.78, 5) is 14.1. The van der Waals surface area contributed by atoms with Crippen LogP contribution in [0, 0.1) is 0 Å². The van der Waals surface area contributed by atoms with Crippen LogP contribution in [0.25, 0.3) is 0 Å². The molecule has 1 N–H and O–H groups in total. The van der Waals surface area contributed by atoms with Gasteiger partial charge in [0.1, 0.15) is 6.04 Å². The Morgan fingerprint density at radius 3 is 2.84 bits per heavy atom. The quantitative estimate of drug-likeness (QED) is 0.908. The fraction of sp³-hybridized carbons (Fsp3) is 0.500. The first-order valence-corrected chi connectivity index (χ1v) is 6.72. The molecule has 1 aromatic carbocycles. The standard InChI is InChI=1S/C14H18N2O3/c1-3-4-5-16-11-7-13-12(18-8-19-13)6-10(11)15-9(2)14(16)17/h6-7,9,15H,3-5,8H2,1-2H3. The van der Waals surface area contributed by atoms with Crippen molar-refractivity contribution < 1.29 is 14.3 Å². The van der Waals surface area contributed by atoms with Gasteiger partial charge in [0, 0.05) is 18.7 Å². The average Bonchev–Trinajstić information content (AvgIpc) is 2.84. The third-order valence-corrected chi connectivity index (χ3v) is 3.53. The van der Waals surface area contributed by atoms with Crippen molar-refractivity contribution in [2.45, 2.75) is 32.7 Å². The molecule has 0 fully saturated rings. The van der Waals surface area contributed by atoms with Crippen LogP contribution in [-0.2, 0) is 4.79 Å². The zero-order valence-electron chi connectivity index (χ0n) is 11.2. The molecule has 2 heterocycles. The lowest BCUT2D eigenvalue weighted by molar-refractivity contribution is -0.119. The van der Waals surface area contributed by atoms with Crippen molar-refractivity contribution in [3.63, 3.8) is 0 Å². The maximum Gasteiger partial charge on any atom is 0.249 e. The number of hydrogen-bond donors (Lipinski definition) is 1. The van der Waals surface area contributed by atoms with Gasteiger partial charge in [-0.2, -0.15) is 0 Å². The van der Waals surface area contributed by atoms with Crippen molar-refractivity contribution >= 4 is 17.3 Å². The van der Waals surface area contributed by atoms with Crippen molar-refractivity contribution in [3.05, 3.63) is 12.1 Å². The molecule has 0 bridgehead atoms. The molecule has 1 aromatic rings. The van der Waals surface area contributed by atoms with E-state index in [1.165, 1.54) is 0 Å². The second kappa shape index (κ2) is 4.64. The van der Waals surface area contributed by atoms with Crippen molar-refractivity contribution in [1.29, 1.82) is 0 Å². The fourth-order valence-corrected chi connectivity index (χ4v) is 2.46. The molecule has 0 saturated carbocycles. The van der Waals surface area contributed by atoms with Gasteiger partial charge in [0.15, 0.2) is 11.5 Å². The second-order valence-electron chi connectivity index (χ2n) is 4.93. The monoisotopic (exact) mass is 262 g/mol. The van der Waals surface area contributed by atoms with Crippen LogP contribution >= 0.6 is 0 Å². The predicted octanol–water partition coefficient (Wildman–Crippen LogP) is 2.36. The SMILES string of the molecule is CCCCN1C(=O)C(C)Nc2cc3c(cc21)OCO3. The first kappa shape index (κ1) is 12.1. The molecule has 1 atom stereocenters. The van der Waals surface area contributed by atoms with Gasteiger partial charge in [-0.15, -0.1) is 0 Å². The molecule has 19 heavy (non-hydrogen) atoms. The maximum atomic E-state index is 12.3. The summed E-state index contributed by atoms with van der Waals surface area (Å²) in [6.07, 6.45) is 2.05. The zero-order valence-corrected chi connectivity index (χ0v) is 11.2. The molecule has 1 unspecified atom stereocenters. The van der Waals surface area contributed by atoms with E-state index in [0.717, 1.165) is 36.5 Å². The van der Waals surface area contributed by atoms with E-state index in [4.69, 9.17) is 9.47 Å². The van der Waals surface area contributed by atoms with Gasteiger partial charge in [-0.1, -0.05) is 13.3 Å². The Morgan fingerprint density at radius 2 is 2.11 bits per heavy atom. The Bertz CT molecular complexity index is 516. The van der Waals surface area contributed by atoms with E-state index in [2.05, 4.69) is 12.2 Å². The van der Waals surface area contributed by atoms with Crippen LogP contribution in [0.15, 0.2) is 12.1 Å². The molecular weight excluding hydrogens is 244 g/mol. The Labute approximate surface area is 112 Å². The number of rotatable bonds is 3. The van der Waals surface area contributed by atoms with Gasteiger partial charge in [-0.05, 0) is 13.3 Å². The second-order valence-corrected chi connectivity index (χ2v) is 4.93. The Kier molecular flexibility index (Phi) is 2.97. The van der Waals surface area contributed by atoms with Gasteiger partial charge in [0.2, 0.25) is 12.7 Å². The van der Waals surface area contributed by atoms with Gasteiger partial charge < -0.3 is 19.7 Å². The molecule has 2 aliphatic heterocycles. The molecule has 2 aliphatic rings. The molecule has 102 valence electrons. The molecule has 1 amide bonds. The van der Waals surface area contributed by atoms with Crippen molar-refractivity contribution in [1.82, 2.24) is 0 Å². The van der Waals surface area contributed by atoms with Crippen LogP contribution in [-0.4, -0.2) is 25.3 Å². The average molecular weight is 262 g/mol. The number of unbranched alkanes of at least 4 members (excludes halogenated alkanes) is 1. The number of hydrogen-bond acceptors (Lipinski definition) is 4. The minimum Gasteiger partial charge on any atom is -0.454 e. The highest BCUT2D eigenvalue weighted by Gasteiger charge is 2.31. The van der Waals surface area contributed by atoms with Crippen molar-refractivity contribution in [3.8, 4) is 11.5 Å². The lowest BCUT2D eigenvalue weighted by Crippen LogP contribution is -2.46. The molecule has 5 nitrogen and oxygen atoms in total. The van der Waals surface area contributed by atoms with Crippen LogP contribution in [0.4, 0.5) is 11.4 Å². The summed E-state index contributed by atoms with van der Waals surface area (Å²) in [6.45, 7) is 5.00. The number of anilines is 2. The lowest BCUT2D eigenvalue weighted by atomic mass is 10.1. The van der Waals surface area contributed by atoms with E-state index in [1.807, 2.05) is 24.0 Å². The van der Waals surface area contributed by atoms with E-state index in [-0.39, 0.29) is 18.7 Å². The minimum atomic E-state index is -0.204. The summed E-state index contributed by atoms with van der Waals surface area (Å²) in [7, 11) is 0. The number of fused-ring (bicyclic) bond motifs is 2. The summed E-state index contributed by atoms with van der Waals surface area (Å²) in [5, 5.41) is 3.22. The third-order valence-electron chi connectivity index (χ3n) is 3.53. The smallest absolute Gasteiger partial charge is 0.249 e. The van der Waals surface area contributed by atoms with E-state index in [0.29, 0.717) is 5.75 Å². The van der Waals surface area contributed by atoms with Crippen LogP contribution in [0.2, 0.25) is 0 Å². The van der Waals surface area contributed by atoms with Crippen molar-refractivity contribution in [2.24, 2.45) is 0 Å². The molecular formula is C14H18N2O3. The Balaban J connectivity index is 2.00. The summed E-state index contributed by atoms with van der Waals surface area (Å²) >= 11 is 0. The van der Waals surface area contributed by atoms with Gasteiger partial charge in [-0.25, -0.2) is 0 Å². The molecule has 0 aliphatic carbocycles. The summed E-state index contributed by atoms with van der Waals surface area (Å²) < 4.78 is 10.8. The number of nitrogens with one attached hydrogen (secondary N) is 1. The zero-order chi connectivity index (χ0) is 13.4. The van der Waals surface area contributed by atoms with Crippen molar-refractivity contribution in [2.75, 3.05) is 23.6 Å². The highest BCUT2D eigenvalue weighted by atomic mass is 16.7. The predicted molar refractivity (Wildman–Crippen MR) is 72.9 cm³/mol. The Hall–Kier alpha value is -1.91. The first-order chi connectivity index (χ1) is 9.20. The topological polar surface area (TPSA) is 50.8 Å². The van der Waals surface area contributed by atoms with Gasteiger partial charge in [-0.3, -0.25) is 4.79 Å². The van der Waals surface area contributed by atoms with Crippen LogP contribution < -0.4 is 19.7 Å². The van der Waals surface area contributed by atoms with Gasteiger partial charge in [0.05, 0.1) is 11.4 Å². The largest absolute Gasteiger partial charge is 0.454 e. The fourth-order valence-electron chi connectivity index (χ4n) is 2.46. The van der Waals surface area contributed by atoms with E-state index in [1.54, 1.807) is 0 Å². The Morgan fingerprint density at radius 1 is 1.37 bits per heavy atom. The van der Waals surface area contributed by atoms with Crippen LogP contribution in [0.1, 0.15) is 26.7 Å². The number of carbonyl (C=O) groups excluding carboxylic acids is 1. The molecule has 0 spiro atoms. The lowest BCUT2D eigenvalue weighted by Gasteiger charge is -2.34. The number of amides is 1. The first-order valence-electron chi connectivity index (χ1n) is 6.72. The van der Waals surface area contributed by atoms with Gasteiger partial charge >= 0.3 is 0 Å². The van der Waals surface area contributed by atoms with E-state index < -0.39 is 0 Å². The molecule has 5 heteroatoms. The normalized spacial score (nSPS) is 20.2. The third kappa shape index (κ3) is 1.99. The van der Waals surface area contributed by atoms with E-state index >= 15 is 0 Å². The molecule has 0 saturated heterocycles. The molecule has 0 radical (unpaired) electrons. The van der Waals surface area contributed by atoms with Gasteiger partial charge in [0.25, 0.3) is 0 Å². The molecule has 0 aromatic heterocycles. The minimum absolute atomic E-state index is 0.111. The maximum absolute atomic E-state index is 12.3.